The average Bonchev–Trinajstić information content (AvgIpc) is 2.32. The van der Waals surface area contributed by atoms with Crippen molar-refractivity contribution < 1.29 is 5.21 Å². The minimum atomic E-state index is 0.802. The lowest BCUT2D eigenvalue weighted by atomic mass is 10.3. The number of pyridine rings is 1. The Balaban J connectivity index is 2.08. The summed E-state index contributed by atoms with van der Waals surface area (Å²) in [7, 11) is 0. The smallest absolute Gasteiger partial charge is 0.128 e. The third kappa shape index (κ3) is 2.44. The van der Waals surface area contributed by atoms with Gasteiger partial charge in [0, 0.05) is 37.9 Å². The molecule has 80 valence electrons. The van der Waals surface area contributed by atoms with Gasteiger partial charge in [-0.3, -0.25) is 0 Å². The molecule has 2 heterocycles. The number of hydrogen-bond donors (Lipinski definition) is 2. The zero-order chi connectivity index (χ0) is 10.5. The standard InChI is InChI=1S/C10H14N4O/c15-13-8-9-1-2-10(12-7-9)14-5-3-11-4-6-14/h1-2,7-8,11,15H,3-6H2/b13-8+. The third-order valence-corrected chi connectivity index (χ3v) is 2.42. The summed E-state index contributed by atoms with van der Waals surface area (Å²) in [6, 6.07) is 3.84. The molecule has 5 nitrogen and oxygen atoms in total. The van der Waals surface area contributed by atoms with Crippen LogP contribution in [0.1, 0.15) is 5.56 Å². The number of oxime groups is 1. The number of hydrogen-bond acceptors (Lipinski definition) is 5. The highest BCUT2D eigenvalue weighted by Gasteiger charge is 2.10. The lowest BCUT2D eigenvalue weighted by Gasteiger charge is -2.28. The highest BCUT2D eigenvalue weighted by molar-refractivity contribution is 5.78. The fourth-order valence-electron chi connectivity index (χ4n) is 1.62. The molecule has 0 aromatic carbocycles. The molecule has 0 atom stereocenters. The molecular weight excluding hydrogens is 192 g/mol. The quantitative estimate of drug-likeness (QED) is 0.415. The van der Waals surface area contributed by atoms with Crippen molar-refractivity contribution in [2.75, 3.05) is 31.1 Å². The summed E-state index contributed by atoms with van der Waals surface area (Å²) in [5.41, 5.74) is 0.802. The fourth-order valence-corrected chi connectivity index (χ4v) is 1.62. The van der Waals surface area contributed by atoms with E-state index in [1.165, 1.54) is 6.21 Å². The van der Waals surface area contributed by atoms with E-state index in [4.69, 9.17) is 5.21 Å². The number of piperazine rings is 1. The molecule has 15 heavy (non-hydrogen) atoms. The fraction of sp³-hybridized carbons (Fsp3) is 0.400. The molecule has 1 saturated heterocycles. The van der Waals surface area contributed by atoms with Crippen LogP contribution >= 0.6 is 0 Å². The average molecular weight is 206 g/mol. The van der Waals surface area contributed by atoms with E-state index < -0.39 is 0 Å². The van der Waals surface area contributed by atoms with Crippen LogP contribution in [0.2, 0.25) is 0 Å². The largest absolute Gasteiger partial charge is 0.411 e. The summed E-state index contributed by atoms with van der Waals surface area (Å²) in [4.78, 5) is 6.55. The monoisotopic (exact) mass is 206 g/mol. The summed E-state index contributed by atoms with van der Waals surface area (Å²) in [6.45, 7) is 3.98. The molecule has 1 aromatic rings. The summed E-state index contributed by atoms with van der Waals surface area (Å²) in [6.07, 6.45) is 3.08. The molecule has 1 aliphatic heterocycles. The Morgan fingerprint density at radius 2 is 2.20 bits per heavy atom. The molecule has 5 heteroatoms. The Hall–Kier alpha value is -1.62. The van der Waals surface area contributed by atoms with Gasteiger partial charge in [0.15, 0.2) is 0 Å². The lowest BCUT2D eigenvalue weighted by molar-refractivity contribution is 0.322. The van der Waals surface area contributed by atoms with E-state index in [2.05, 4.69) is 20.4 Å². The first kappa shape index (κ1) is 9.92. The van der Waals surface area contributed by atoms with Gasteiger partial charge in [-0.25, -0.2) is 4.98 Å². The van der Waals surface area contributed by atoms with Crippen LogP contribution in [-0.4, -0.2) is 42.6 Å². The number of rotatable bonds is 2. The van der Waals surface area contributed by atoms with Crippen molar-refractivity contribution in [1.29, 1.82) is 0 Å². The maximum atomic E-state index is 8.36. The molecule has 0 spiro atoms. The second-order valence-electron chi connectivity index (χ2n) is 3.43. The summed E-state index contributed by atoms with van der Waals surface area (Å²) >= 11 is 0. The first-order valence-electron chi connectivity index (χ1n) is 4.99. The highest BCUT2D eigenvalue weighted by atomic mass is 16.4. The van der Waals surface area contributed by atoms with E-state index in [1.54, 1.807) is 6.20 Å². The molecule has 2 N–H and O–H groups in total. The molecule has 1 aromatic heterocycles. The summed E-state index contributed by atoms with van der Waals surface area (Å²) in [5, 5.41) is 14.6. The van der Waals surface area contributed by atoms with Crippen LogP contribution in [0, 0.1) is 0 Å². The molecule has 1 fully saturated rings. The zero-order valence-electron chi connectivity index (χ0n) is 8.43. The number of anilines is 1. The van der Waals surface area contributed by atoms with Gasteiger partial charge in [-0.1, -0.05) is 5.16 Å². The Morgan fingerprint density at radius 3 is 2.80 bits per heavy atom. The van der Waals surface area contributed by atoms with Crippen molar-refractivity contribution in [2.45, 2.75) is 0 Å². The van der Waals surface area contributed by atoms with Gasteiger partial charge in [0.05, 0.1) is 6.21 Å². The van der Waals surface area contributed by atoms with Crippen LogP contribution in [0.5, 0.6) is 0 Å². The molecule has 1 aliphatic rings. The van der Waals surface area contributed by atoms with Crippen LogP contribution in [0.25, 0.3) is 0 Å². The van der Waals surface area contributed by atoms with Crippen molar-refractivity contribution in [1.82, 2.24) is 10.3 Å². The van der Waals surface area contributed by atoms with Gasteiger partial charge in [-0.15, -0.1) is 0 Å². The molecule has 2 rings (SSSR count). The van der Waals surface area contributed by atoms with Gasteiger partial charge in [-0.05, 0) is 12.1 Å². The second-order valence-corrected chi connectivity index (χ2v) is 3.43. The minimum absolute atomic E-state index is 0.802. The van der Waals surface area contributed by atoms with Crippen LogP contribution < -0.4 is 10.2 Å². The molecular formula is C10H14N4O. The van der Waals surface area contributed by atoms with Gasteiger partial charge in [0.2, 0.25) is 0 Å². The van der Waals surface area contributed by atoms with E-state index in [0.29, 0.717) is 0 Å². The first-order chi connectivity index (χ1) is 7.40. The number of nitrogens with zero attached hydrogens (tertiary/aromatic N) is 3. The van der Waals surface area contributed by atoms with E-state index in [-0.39, 0.29) is 0 Å². The van der Waals surface area contributed by atoms with Crippen molar-refractivity contribution in [3.8, 4) is 0 Å². The molecule has 0 aliphatic carbocycles. The Kier molecular flexibility index (Phi) is 3.14. The van der Waals surface area contributed by atoms with Crippen molar-refractivity contribution in [3.05, 3.63) is 23.9 Å². The normalized spacial score (nSPS) is 17.2. The van der Waals surface area contributed by atoms with Gasteiger partial charge in [0.1, 0.15) is 5.82 Å². The Morgan fingerprint density at radius 1 is 1.40 bits per heavy atom. The van der Waals surface area contributed by atoms with Crippen LogP contribution in [0.4, 0.5) is 5.82 Å². The zero-order valence-corrected chi connectivity index (χ0v) is 8.43. The van der Waals surface area contributed by atoms with Crippen molar-refractivity contribution >= 4 is 12.0 Å². The van der Waals surface area contributed by atoms with E-state index in [9.17, 15) is 0 Å². The minimum Gasteiger partial charge on any atom is -0.411 e. The molecule has 0 radical (unpaired) electrons. The van der Waals surface area contributed by atoms with Crippen molar-refractivity contribution in [3.63, 3.8) is 0 Å². The highest BCUT2D eigenvalue weighted by Crippen LogP contribution is 2.10. The van der Waals surface area contributed by atoms with Gasteiger partial charge >= 0.3 is 0 Å². The van der Waals surface area contributed by atoms with E-state index in [1.807, 2.05) is 12.1 Å². The Bertz CT molecular complexity index is 330. The van der Waals surface area contributed by atoms with E-state index in [0.717, 1.165) is 37.6 Å². The maximum absolute atomic E-state index is 8.36. The van der Waals surface area contributed by atoms with Crippen LogP contribution in [0.15, 0.2) is 23.5 Å². The van der Waals surface area contributed by atoms with E-state index >= 15 is 0 Å². The van der Waals surface area contributed by atoms with Gasteiger partial charge in [-0.2, -0.15) is 0 Å². The predicted molar refractivity (Wildman–Crippen MR) is 58.7 cm³/mol. The third-order valence-electron chi connectivity index (χ3n) is 2.42. The SMILES string of the molecule is O/N=C/c1ccc(N2CCNCC2)nc1. The Labute approximate surface area is 88.4 Å². The second kappa shape index (κ2) is 4.75. The molecule has 0 unspecified atom stereocenters. The topological polar surface area (TPSA) is 60.8 Å². The lowest BCUT2D eigenvalue weighted by Crippen LogP contribution is -2.43. The van der Waals surface area contributed by atoms with Crippen LogP contribution in [-0.2, 0) is 0 Å². The summed E-state index contributed by atoms with van der Waals surface area (Å²) in [5.74, 6) is 0.978. The van der Waals surface area contributed by atoms with Crippen LogP contribution in [0.3, 0.4) is 0 Å². The predicted octanol–water partition coefficient (Wildman–Crippen LogP) is 0.299. The first-order valence-corrected chi connectivity index (χ1v) is 4.99. The molecule has 0 amide bonds. The molecule has 0 bridgehead atoms. The number of nitrogens with one attached hydrogen (secondary N) is 1. The summed E-state index contributed by atoms with van der Waals surface area (Å²) < 4.78 is 0. The van der Waals surface area contributed by atoms with Gasteiger partial charge in [0.25, 0.3) is 0 Å². The number of aromatic nitrogens is 1. The van der Waals surface area contributed by atoms with Gasteiger partial charge < -0.3 is 15.4 Å². The molecule has 0 saturated carbocycles. The maximum Gasteiger partial charge on any atom is 0.128 e. The van der Waals surface area contributed by atoms with Crippen molar-refractivity contribution in [2.24, 2.45) is 5.16 Å².